The first-order chi connectivity index (χ1) is 35.4. The molecule has 1 fully saturated rings. The first-order valence-electron chi connectivity index (χ1n) is 25.3. The monoisotopic (exact) mass is 1040 g/mol. The van der Waals surface area contributed by atoms with Gasteiger partial charge in [-0.15, -0.1) is 0 Å². The lowest BCUT2D eigenvalue weighted by Gasteiger charge is -2.32. The van der Waals surface area contributed by atoms with E-state index in [1.54, 1.807) is 50.2 Å². The van der Waals surface area contributed by atoms with Crippen LogP contribution in [0.2, 0.25) is 0 Å². The molecule has 6 rings (SSSR count). The van der Waals surface area contributed by atoms with E-state index in [2.05, 4.69) is 20.0 Å². The summed E-state index contributed by atoms with van der Waals surface area (Å²) in [7, 11) is -3.03. The number of ketones is 3. The number of carbonyl (C=O) groups excluding carboxylic acids is 5. The zero-order valence-electron chi connectivity index (χ0n) is 42.7. The minimum Gasteiger partial charge on any atom is -0.493 e. The summed E-state index contributed by atoms with van der Waals surface area (Å²) < 4.78 is 45.7. The molecule has 4 atom stereocenters. The van der Waals surface area contributed by atoms with Gasteiger partial charge in [-0.2, -0.15) is 13.7 Å². The van der Waals surface area contributed by atoms with Crippen molar-refractivity contribution in [2.24, 2.45) is 28.4 Å². The highest BCUT2D eigenvalue weighted by Crippen LogP contribution is 2.41. The molecule has 0 radical (unpaired) electrons. The van der Waals surface area contributed by atoms with Crippen molar-refractivity contribution in [2.45, 2.75) is 116 Å². The summed E-state index contributed by atoms with van der Waals surface area (Å²) >= 11 is 0. The molecular weight excluding hydrogens is 967 g/mol. The van der Waals surface area contributed by atoms with Crippen molar-refractivity contribution < 1.29 is 46.6 Å². The zero-order chi connectivity index (χ0) is 53.5. The Balaban J connectivity index is 1.39. The molecule has 2 heterocycles. The fourth-order valence-corrected chi connectivity index (χ4v) is 9.85. The number of ether oxygens (including phenoxy) is 3. The summed E-state index contributed by atoms with van der Waals surface area (Å²) in [5, 5.41) is 17.5. The van der Waals surface area contributed by atoms with Crippen molar-refractivity contribution in [1.29, 1.82) is 5.26 Å². The van der Waals surface area contributed by atoms with E-state index in [0.29, 0.717) is 82.5 Å². The SMILES string of the molecule is Cc1nc(-c2ccc(OC3CCCCC3)cc2)nc(C)c1C(=O)C[C@@H](CNS(N)(=O)=O)C(=O)N(C)[C@@H]1C(=O)C[C@@H](C)C(=O)N[C@H](C(=O)CCC#N)Cc2ccc(OCCCN)c(c2)-c2cc1ccc2OCCCN. The predicted octanol–water partition coefficient (Wildman–Crippen LogP) is 5.29. The van der Waals surface area contributed by atoms with Gasteiger partial charge in [0, 0.05) is 61.9 Å². The van der Waals surface area contributed by atoms with Gasteiger partial charge in [-0.3, -0.25) is 24.0 Å². The van der Waals surface area contributed by atoms with Gasteiger partial charge >= 0.3 is 0 Å². The van der Waals surface area contributed by atoms with Crippen LogP contribution in [-0.2, 0) is 35.8 Å². The summed E-state index contributed by atoms with van der Waals surface area (Å²) in [6, 6.07) is 17.2. The minimum atomic E-state index is -4.40. The Morgan fingerprint density at radius 2 is 1.51 bits per heavy atom. The summed E-state index contributed by atoms with van der Waals surface area (Å²) in [4.78, 5) is 82.4. The lowest BCUT2D eigenvalue weighted by Crippen LogP contribution is -2.46. The maximum absolute atomic E-state index is 15.0. The topological polar surface area (TPSA) is 302 Å². The van der Waals surface area contributed by atoms with Crippen molar-refractivity contribution in [3.05, 3.63) is 88.7 Å². The van der Waals surface area contributed by atoms with E-state index >= 15 is 4.79 Å². The number of likely N-dealkylation sites (N-methyl/N-ethyl adjacent to an activating group) is 1. The van der Waals surface area contributed by atoms with Gasteiger partial charge in [0.2, 0.25) is 11.8 Å². The molecule has 396 valence electrons. The zero-order valence-corrected chi connectivity index (χ0v) is 43.5. The molecule has 2 amide bonds. The van der Waals surface area contributed by atoms with Crippen molar-refractivity contribution >= 4 is 39.4 Å². The van der Waals surface area contributed by atoms with Crippen LogP contribution in [0.4, 0.5) is 0 Å². The molecule has 1 saturated carbocycles. The Bertz CT molecular complexity index is 2790. The lowest BCUT2D eigenvalue weighted by molar-refractivity contribution is -0.142. The second-order valence-corrected chi connectivity index (χ2v) is 20.5. The minimum absolute atomic E-state index is 0.0571. The first-order valence-corrected chi connectivity index (χ1v) is 26.8. The highest BCUT2D eigenvalue weighted by atomic mass is 32.2. The maximum atomic E-state index is 15.0. The van der Waals surface area contributed by atoms with Crippen LogP contribution in [-0.4, -0.2) is 104 Å². The number of hydrogen-bond donors (Lipinski definition) is 5. The van der Waals surface area contributed by atoms with Crippen LogP contribution in [0, 0.1) is 37.0 Å². The molecule has 2 aliphatic rings. The number of aromatic nitrogens is 2. The third-order valence-electron chi connectivity index (χ3n) is 13.3. The maximum Gasteiger partial charge on any atom is 0.274 e. The van der Waals surface area contributed by atoms with Gasteiger partial charge < -0.3 is 35.9 Å². The van der Waals surface area contributed by atoms with E-state index in [4.69, 9.17) is 30.8 Å². The molecule has 0 spiro atoms. The van der Waals surface area contributed by atoms with Crippen molar-refractivity contribution in [3.8, 4) is 45.8 Å². The quantitative estimate of drug-likeness (QED) is 0.0494. The number of rotatable bonds is 22. The molecular formula is C54H69N9O10S. The first kappa shape index (κ1) is 56.7. The number of fused-ring (bicyclic) bond motifs is 5. The Kier molecular flexibility index (Phi) is 20.3. The number of nitriles is 1. The van der Waals surface area contributed by atoms with Gasteiger partial charge in [0.1, 0.15) is 23.3 Å². The van der Waals surface area contributed by atoms with Crippen molar-refractivity contribution in [3.63, 3.8) is 0 Å². The number of benzene rings is 3. The van der Waals surface area contributed by atoms with Gasteiger partial charge in [0.25, 0.3) is 10.2 Å². The molecule has 3 aromatic carbocycles. The van der Waals surface area contributed by atoms with Crippen LogP contribution >= 0.6 is 0 Å². The van der Waals surface area contributed by atoms with E-state index in [1.807, 2.05) is 30.3 Å². The van der Waals surface area contributed by atoms with E-state index in [9.17, 15) is 32.9 Å². The number of aryl methyl sites for hydroxylation is 2. The molecule has 8 N–H and O–H groups in total. The summed E-state index contributed by atoms with van der Waals surface area (Å²) in [6.07, 6.45) is 5.64. The third kappa shape index (κ3) is 15.2. The Morgan fingerprint density at radius 3 is 2.12 bits per heavy atom. The molecule has 74 heavy (non-hydrogen) atoms. The van der Waals surface area contributed by atoms with E-state index in [1.165, 1.54) is 20.4 Å². The van der Waals surface area contributed by atoms with Crippen LogP contribution in [0.1, 0.15) is 116 Å². The second-order valence-electron chi connectivity index (χ2n) is 19.1. The Morgan fingerprint density at radius 1 is 0.892 bits per heavy atom. The highest BCUT2D eigenvalue weighted by molar-refractivity contribution is 7.87. The highest BCUT2D eigenvalue weighted by Gasteiger charge is 2.37. The number of hydrogen-bond acceptors (Lipinski definition) is 15. The second kappa shape index (κ2) is 26.5. The molecule has 4 aromatic rings. The van der Waals surface area contributed by atoms with Gasteiger partial charge in [0.15, 0.2) is 23.2 Å². The van der Waals surface area contributed by atoms with Crippen molar-refractivity contribution in [2.75, 3.05) is 39.9 Å². The average Bonchev–Trinajstić information content (AvgIpc) is 3.37. The van der Waals surface area contributed by atoms with Crippen LogP contribution in [0.5, 0.6) is 17.2 Å². The molecule has 1 aliphatic carbocycles. The molecule has 0 saturated heterocycles. The standard InChI is InChI=1S/C54H69N9O10S/c1-33-27-47(66)51(38-17-21-49(72-26-10-24-57)43(30-38)42-28-36(14-20-48(42)71-25-9-23-56)29-44(62-53(33)67)45(64)13-8-22-55)63(4)54(68)39(32-59-74(58,69)70)31-46(65)50-34(2)60-52(61-35(50)3)37-15-18-41(19-16-37)73-40-11-6-5-7-12-40/h14-21,28,30,33,39-40,44,51,59H,5-13,23-27,29,31-32,56-57H2,1-4H3,(H,62,67)(H2,58,69,70)/t33-,39+,44+,51+/m1/s1. The van der Waals surface area contributed by atoms with Crippen LogP contribution in [0.3, 0.4) is 0 Å². The number of amides is 2. The molecule has 1 aromatic heterocycles. The van der Waals surface area contributed by atoms with E-state index < -0.39 is 76.9 Å². The summed E-state index contributed by atoms with van der Waals surface area (Å²) in [6.45, 7) is 5.39. The normalized spacial score (nSPS) is 17.8. The van der Waals surface area contributed by atoms with Crippen LogP contribution in [0.25, 0.3) is 22.5 Å². The third-order valence-corrected chi connectivity index (χ3v) is 13.9. The number of carbonyl (C=O) groups is 5. The van der Waals surface area contributed by atoms with E-state index in [-0.39, 0.29) is 49.9 Å². The van der Waals surface area contributed by atoms with Gasteiger partial charge in [0.05, 0.1) is 54.3 Å². The van der Waals surface area contributed by atoms with Crippen LogP contribution < -0.4 is 40.9 Å². The number of nitrogens with two attached hydrogens (primary N) is 3. The number of nitrogens with zero attached hydrogens (tertiary/aromatic N) is 4. The molecule has 20 heteroatoms. The molecule has 0 unspecified atom stereocenters. The average molecular weight is 1040 g/mol. The fraction of sp³-hybridized carbons (Fsp3) is 0.481. The number of nitrogens with one attached hydrogen (secondary N) is 2. The summed E-state index contributed by atoms with van der Waals surface area (Å²) in [5.41, 5.74) is 15.1. The van der Waals surface area contributed by atoms with Gasteiger partial charge in [-0.25, -0.2) is 19.8 Å². The van der Waals surface area contributed by atoms with Gasteiger partial charge in [-0.1, -0.05) is 25.5 Å². The predicted molar refractivity (Wildman–Crippen MR) is 278 cm³/mol. The Labute approximate surface area is 433 Å². The van der Waals surface area contributed by atoms with E-state index in [0.717, 1.165) is 36.3 Å². The largest absolute Gasteiger partial charge is 0.493 e. The molecule has 19 nitrogen and oxygen atoms in total. The van der Waals surface area contributed by atoms with Crippen molar-refractivity contribution in [1.82, 2.24) is 24.9 Å². The fourth-order valence-electron chi connectivity index (χ4n) is 9.42. The Hall–Kier alpha value is -6.63. The van der Waals surface area contributed by atoms with Crippen LogP contribution in [0.15, 0.2) is 60.7 Å². The molecule has 4 bridgehead atoms. The van der Waals surface area contributed by atoms with Gasteiger partial charge in [-0.05, 0) is 132 Å². The summed E-state index contributed by atoms with van der Waals surface area (Å²) in [5.74, 6) is -3.44. The smallest absolute Gasteiger partial charge is 0.274 e. The molecule has 1 aliphatic heterocycles. The lowest BCUT2D eigenvalue weighted by atomic mass is 9.88. The number of Topliss-reactive ketones (excluding diaryl/α,β-unsaturated/α-hetero) is 3.